The molecule has 0 spiro atoms. The van der Waals surface area contributed by atoms with E-state index in [1.165, 1.54) is 19.2 Å². The molecule has 0 N–H and O–H groups in total. The molecule has 8 nitrogen and oxygen atoms in total. The molecule has 140 valence electrons. The summed E-state index contributed by atoms with van der Waals surface area (Å²) in [6.45, 7) is 0.261. The summed E-state index contributed by atoms with van der Waals surface area (Å²) >= 11 is 0. The molecule has 4 aromatic rings. The molecule has 0 unspecified atom stereocenters. The first-order valence-corrected chi connectivity index (χ1v) is 8.41. The van der Waals surface area contributed by atoms with Crippen LogP contribution in [0.3, 0.4) is 0 Å². The van der Waals surface area contributed by atoms with Gasteiger partial charge in [0.2, 0.25) is 0 Å². The highest BCUT2D eigenvalue weighted by molar-refractivity contribution is 5.81. The van der Waals surface area contributed by atoms with Gasteiger partial charge in [-0.15, -0.1) is 0 Å². The average Bonchev–Trinajstić information content (AvgIpc) is 3.23. The summed E-state index contributed by atoms with van der Waals surface area (Å²) < 4.78 is 13.0. The number of hydrogen-bond donors (Lipinski definition) is 0. The first-order valence-electron chi connectivity index (χ1n) is 8.41. The van der Waals surface area contributed by atoms with E-state index in [0.717, 1.165) is 0 Å². The summed E-state index contributed by atoms with van der Waals surface area (Å²) in [4.78, 5) is 27.6. The average molecular weight is 377 g/mol. The number of aromatic nitrogens is 2. The van der Waals surface area contributed by atoms with E-state index in [0.29, 0.717) is 33.6 Å². The van der Waals surface area contributed by atoms with Crippen LogP contribution < -0.4 is 10.2 Å². The Morgan fingerprint density at radius 1 is 1.21 bits per heavy atom. The maximum Gasteiger partial charge on any atom is 0.269 e. The Morgan fingerprint density at radius 3 is 2.64 bits per heavy atom. The standard InChI is InChI=1S/C20H15N3O5/c1-27-15-6-7-16-18(10-15)28-20(13-2-4-14(5-3-13)23(25)26)17(19(16)24)11-22-9-8-21-12-22/h2-10,12H,11H2,1H3. The van der Waals surface area contributed by atoms with Gasteiger partial charge >= 0.3 is 0 Å². The van der Waals surface area contributed by atoms with Crippen molar-refractivity contribution >= 4 is 16.7 Å². The molecule has 0 aliphatic heterocycles. The van der Waals surface area contributed by atoms with Crippen LogP contribution in [-0.2, 0) is 6.54 Å². The van der Waals surface area contributed by atoms with Gasteiger partial charge in [0.05, 0.1) is 35.9 Å². The molecule has 2 aromatic heterocycles. The van der Waals surface area contributed by atoms with Crippen molar-refractivity contribution in [3.05, 3.63) is 87.1 Å². The van der Waals surface area contributed by atoms with Crippen molar-refractivity contribution in [3.63, 3.8) is 0 Å². The van der Waals surface area contributed by atoms with Crippen LogP contribution in [0, 0.1) is 10.1 Å². The van der Waals surface area contributed by atoms with Crippen LogP contribution in [0.1, 0.15) is 5.56 Å². The Morgan fingerprint density at radius 2 is 2.00 bits per heavy atom. The van der Waals surface area contributed by atoms with Crippen molar-refractivity contribution in [2.75, 3.05) is 7.11 Å². The molecule has 0 atom stereocenters. The fourth-order valence-electron chi connectivity index (χ4n) is 3.01. The maximum atomic E-state index is 13.2. The Bertz CT molecular complexity index is 1210. The topological polar surface area (TPSA) is 100 Å². The molecule has 28 heavy (non-hydrogen) atoms. The van der Waals surface area contributed by atoms with Crippen LogP contribution in [0.4, 0.5) is 5.69 Å². The number of nitrogens with zero attached hydrogens (tertiary/aromatic N) is 3. The lowest BCUT2D eigenvalue weighted by molar-refractivity contribution is -0.384. The minimum Gasteiger partial charge on any atom is -0.497 e. The number of nitro groups is 1. The molecule has 0 radical (unpaired) electrons. The van der Waals surface area contributed by atoms with Crippen LogP contribution in [0.5, 0.6) is 5.75 Å². The Kier molecular flexibility index (Phi) is 4.36. The molecule has 0 saturated carbocycles. The lowest BCUT2D eigenvalue weighted by atomic mass is 10.0. The quantitative estimate of drug-likeness (QED) is 0.389. The number of rotatable bonds is 5. The number of ether oxygens (including phenoxy) is 1. The van der Waals surface area contributed by atoms with Gasteiger partial charge in [-0.1, -0.05) is 0 Å². The number of fused-ring (bicyclic) bond motifs is 1. The Labute approximate surface area is 158 Å². The van der Waals surface area contributed by atoms with Gasteiger partial charge in [0, 0.05) is 36.2 Å². The molecule has 0 aliphatic carbocycles. The van der Waals surface area contributed by atoms with Gasteiger partial charge < -0.3 is 13.7 Å². The summed E-state index contributed by atoms with van der Waals surface area (Å²) in [6.07, 6.45) is 4.98. The molecule has 2 aromatic carbocycles. The van der Waals surface area contributed by atoms with Crippen LogP contribution >= 0.6 is 0 Å². The highest BCUT2D eigenvalue weighted by Gasteiger charge is 2.18. The van der Waals surface area contributed by atoms with Gasteiger partial charge in [0.25, 0.3) is 5.69 Å². The Hall–Kier alpha value is -3.94. The lowest BCUT2D eigenvalue weighted by Crippen LogP contribution is -2.14. The van der Waals surface area contributed by atoms with E-state index in [1.54, 1.807) is 53.6 Å². The summed E-state index contributed by atoms with van der Waals surface area (Å²) in [5, 5.41) is 11.4. The number of nitro benzene ring substituents is 1. The molecule has 0 fully saturated rings. The zero-order chi connectivity index (χ0) is 19.7. The molecule has 8 heteroatoms. The SMILES string of the molecule is COc1ccc2c(=O)c(Cn3ccnc3)c(-c3ccc([N+](=O)[O-])cc3)oc2c1. The number of imidazole rings is 1. The highest BCUT2D eigenvalue weighted by atomic mass is 16.6. The van der Waals surface area contributed by atoms with Gasteiger partial charge in [0.15, 0.2) is 5.43 Å². The van der Waals surface area contributed by atoms with Gasteiger partial charge in [-0.05, 0) is 24.3 Å². The molecule has 2 heterocycles. The minimum absolute atomic E-state index is 0.0373. The molecule has 0 aliphatic rings. The van der Waals surface area contributed by atoms with Gasteiger partial charge in [0.1, 0.15) is 17.1 Å². The van der Waals surface area contributed by atoms with E-state index in [-0.39, 0.29) is 17.7 Å². The third-order valence-corrected chi connectivity index (χ3v) is 4.43. The molecule has 0 bridgehead atoms. The van der Waals surface area contributed by atoms with Gasteiger partial charge in [-0.2, -0.15) is 0 Å². The largest absolute Gasteiger partial charge is 0.497 e. The van der Waals surface area contributed by atoms with E-state index < -0.39 is 4.92 Å². The van der Waals surface area contributed by atoms with Crippen molar-refractivity contribution in [2.45, 2.75) is 6.54 Å². The fraction of sp³-hybridized carbons (Fsp3) is 0.100. The molecular weight excluding hydrogens is 362 g/mol. The number of hydrogen-bond acceptors (Lipinski definition) is 6. The van der Waals surface area contributed by atoms with Crippen molar-refractivity contribution in [2.24, 2.45) is 0 Å². The predicted octanol–water partition coefficient (Wildman–Crippen LogP) is 3.62. The van der Waals surface area contributed by atoms with Crippen LogP contribution in [0.2, 0.25) is 0 Å². The second kappa shape index (κ2) is 6.99. The molecular formula is C20H15N3O5. The smallest absolute Gasteiger partial charge is 0.269 e. The molecule has 4 rings (SSSR count). The van der Waals surface area contributed by atoms with Crippen molar-refractivity contribution in [1.29, 1.82) is 0 Å². The minimum atomic E-state index is -0.475. The second-order valence-electron chi connectivity index (χ2n) is 6.14. The summed E-state index contributed by atoms with van der Waals surface area (Å²) in [5.41, 5.74) is 1.18. The molecule has 0 amide bonds. The predicted molar refractivity (Wildman–Crippen MR) is 102 cm³/mol. The number of methoxy groups -OCH3 is 1. The number of benzene rings is 2. The highest BCUT2D eigenvalue weighted by Crippen LogP contribution is 2.29. The van der Waals surface area contributed by atoms with E-state index >= 15 is 0 Å². The normalized spacial score (nSPS) is 10.9. The second-order valence-corrected chi connectivity index (χ2v) is 6.14. The first kappa shape index (κ1) is 17.5. The van der Waals surface area contributed by atoms with Crippen molar-refractivity contribution in [1.82, 2.24) is 9.55 Å². The number of non-ortho nitro benzene ring substituents is 1. The van der Waals surface area contributed by atoms with E-state index in [4.69, 9.17) is 9.15 Å². The van der Waals surface area contributed by atoms with E-state index in [2.05, 4.69) is 4.98 Å². The van der Waals surface area contributed by atoms with Crippen LogP contribution in [0.25, 0.3) is 22.3 Å². The summed E-state index contributed by atoms with van der Waals surface area (Å²) in [6, 6.07) is 10.9. The van der Waals surface area contributed by atoms with Gasteiger partial charge in [-0.25, -0.2) is 4.98 Å². The molecule has 0 saturated heterocycles. The lowest BCUT2D eigenvalue weighted by Gasteiger charge is -2.11. The van der Waals surface area contributed by atoms with Crippen molar-refractivity contribution < 1.29 is 14.1 Å². The zero-order valence-corrected chi connectivity index (χ0v) is 14.9. The van der Waals surface area contributed by atoms with Crippen LogP contribution in [-0.4, -0.2) is 21.6 Å². The summed E-state index contributed by atoms with van der Waals surface area (Å²) in [7, 11) is 1.53. The third kappa shape index (κ3) is 3.11. The summed E-state index contributed by atoms with van der Waals surface area (Å²) in [5.74, 6) is 0.919. The Balaban J connectivity index is 1.95. The third-order valence-electron chi connectivity index (χ3n) is 4.43. The van der Waals surface area contributed by atoms with E-state index in [1.807, 2.05) is 0 Å². The monoisotopic (exact) mass is 377 g/mol. The van der Waals surface area contributed by atoms with Gasteiger partial charge in [-0.3, -0.25) is 14.9 Å². The fourth-order valence-corrected chi connectivity index (χ4v) is 3.01. The maximum absolute atomic E-state index is 13.2. The first-order chi connectivity index (χ1) is 13.6. The van der Waals surface area contributed by atoms with Crippen LogP contribution in [0.15, 0.2) is 70.4 Å². The van der Waals surface area contributed by atoms with E-state index in [9.17, 15) is 14.9 Å². The zero-order valence-electron chi connectivity index (χ0n) is 14.9. The van der Waals surface area contributed by atoms with Crippen molar-refractivity contribution in [3.8, 4) is 17.1 Å².